The molecule has 0 radical (unpaired) electrons. The summed E-state index contributed by atoms with van der Waals surface area (Å²) in [7, 11) is 0. The first-order valence-electron chi connectivity index (χ1n) is 8.93. The minimum Gasteiger partial charge on any atom is -0.326 e. The van der Waals surface area contributed by atoms with Crippen LogP contribution in [-0.2, 0) is 15.8 Å². The van der Waals surface area contributed by atoms with Crippen molar-refractivity contribution < 1.29 is 22.8 Å². The van der Waals surface area contributed by atoms with Crippen LogP contribution in [0.2, 0.25) is 0 Å². The lowest BCUT2D eigenvalue weighted by molar-refractivity contribution is -0.137. The van der Waals surface area contributed by atoms with E-state index in [9.17, 15) is 22.8 Å². The smallest absolute Gasteiger partial charge is 0.326 e. The van der Waals surface area contributed by atoms with Gasteiger partial charge in [0.05, 0.1) is 5.56 Å². The Morgan fingerprint density at radius 2 is 1.57 bits per heavy atom. The molecular formula is C21H23F3N2O2. The molecule has 0 aliphatic carbocycles. The van der Waals surface area contributed by atoms with Gasteiger partial charge in [0.25, 0.3) is 0 Å². The van der Waals surface area contributed by atoms with Crippen molar-refractivity contribution in [3.8, 4) is 0 Å². The summed E-state index contributed by atoms with van der Waals surface area (Å²) in [5, 5.41) is 2.76. The zero-order chi connectivity index (χ0) is 20.9. The zero-order valence-corrected chi connectivity index (χ0v) is 16.0. The lowest BCUT2D eigenvalue weighted by Crippen LogP contribution is -2.32. The number of halogens is 3. The van der Waals surface area contributed by atoms with Crippen LogP contribution < -0.4 is 10.2 Å². The maximum atomic E-state index is 12.7. The summed E-state index contributed by atoms with van der Waals surface area (Å²) in [6.07, 6.45) is -4.42. The van der Waals surface area contributed by atoms with Gasteiger partial charge in [0, 0.05) is 31.3 Å². The molecule has 0 atom stereocenters. The second kappa shape index (κ2) is 8.91. The van der Waals surface area contributed by atoms with Gasteiger partial charge in [0.2, 0.25) is 11.8 Å². The average molecular weight is 392 g/mol. The number of hydrogen-bond acceptors (Lipinski definition) is 2. The first-order valence-corrected chi connectivity index (χ1v) is 8.93. The highest BCUT2D eigenvalue weighted by molar-refractivity contribution is 5.94. The van der Waals surface area contributed by atoms with Gasteiger partial charge in [-0.05, 0) is 47.9 Å². The van der Waals surface area contributed by atoms with Crippen LogP contribution in [0.1, 0.15) is 44.2 Å². The summed E-state index contributed by atoms with van der Waals surface area (Å²) in [6.45, 7) is 5.52. The second-order valence-corrected chi connectivity index (χ2v) is 6.79. The molecule has 0 saturated heterocycles. The lowest BCUT2D eigenvalue weighted by Gasteiger charge is -2.21. The van der Waals surface area contributed by atoms with E-state index in [0.717, 1.165) is 17.7 Å². The maximum absolute atomic E-state index is 12.7. The van der Waals surface area contributed by atoms with Crippen LogP contribution in [0.4, 0.5) is 24.5 Å². The number of nitrogens with one attached hydrogen (secondary N) is 1. The molecule has 0 bridgehead atoms. The Balaban J connectivity index is 1.99. The lowest BCUT2D eigenvalue weighted by atomic mass is 10.0. The Morgan fingerprint density at radius 1 is 1.00 bits per heavy atom. The summed E-state index contributed by atoms with van der Waals surface area (Å²) in [6, 6.07) is 11.8. The molecule has 2 amide bonds. The third-order valence-electron chi connectivity index (χ3n) is 4.31. The highest BCUT2D eigenvalue weighted by atomic mass is 19.4. The van der Waals surface area contributed by atoms with Crippen molar-refractivity contribution in [3.05, 3.63) is 59.7 Å². The molecule has 2 rings (SSSR count). The molecule has 2 aromatic carbocycles. The van der Waals surface area contributed by atoms with E-state index in [0.29, 0.717) is 17.3 Å². The van der Waals surface area contributed by atoms with Crippen LogP contribution in [0, 0.1) is 0 Å². The first-order chi connectivity index (χ1) is 13.1. The Kier molecular flexibility index (Phi) is 6.83. The molecule has 1 N–H and O–H groups in total. The summed E-state index contributed by atoms with van der Waals surface area (Å²) in [4.78, 5) is 25.3. The van der Waals surface area contributed by atoms with Crippen molar-refractivity contribution in [1.29, 1.82) is 0 Å². The van der Waals surface area contributed by atoms with E-state index < -0.39 is 11.7 Å². The molecule has 0 unspecified atom stereocenters. The molecule has 28 heavy (non-hydrogen) atoms. The van der Waals surface area contributed by atoms with Crippen LogP contribution in [-0.4, -0.2) is 18.4 Å². The van der Waals surface area contributed by atoms with E-state index in [2.05, 4.69) is 19.2 Å². The molecule has 150 valence electrons. The van der Waals surface area contributed by atoms with E-state index >= 15 is 0 Å². The molecule has 4 nitrogen and oxygen atoms in total. The number of alkyl halides is 3. The minimum atomic E-state index is -4.44. The van der Waals surface area contributed by atoms with E-state index in [1.165, 1.54) is 24.0 Å². The summed E-state index contributed by atoms with van der Waals surface area (Å²) < 4.78 is 38.0. The van der Waals surface area contributed by atoms with Gasteiger partial charge in [-0.1, -0.05) is 26.0 Å². The fourth-order valence-electron chi connectivity index (χ4n) is 2.69. The quantitative estimate of drug-likeness (QED) is 0.734. The number of rotatable bonds is 6. The van der Waals surface area contributed by atoms with Crippen LogP contribution in [0.3, 0.4) is 0 Å². The highest BCUT2D eigenvalue weighted by Gasteiger charge is 2.30. The molecule has 2 aromatic rings. The van der Waals surface area contributed by atoms with Gasteiger partial charge in [-0.25, -0.2) is 0 Å². The van der Waals surface area contributed by atoms with Crippen molar-refractivity contribution >= 4 is 23.2 Å². The van der Waals surface area contributed by atoms with Crippen LogP contribution >= 0.6 is 0 Å². The van der Waals surface area contributed by atoms with Gasteiger partial charge in [-0.2, -0.15) is 13.2 Å². The minimum absolute atomic E-state index is 0.0204. The molecule has 0 aliphatic heterocycles. The Bertz CT molecular complexity index is 813. The normalized spacial score (nSPS) is 11.4. The maximum Gasteiger partial charge on any atom is 0.416 e. The van der Waals surface area contributed by atoms with E-state index in [1.807, 2.05) is 24.3 Å². The largest absolute Gasteiger partial charge is 0.416 e. The van der Waals surface area contributed by atoms with E-state index in [1.54, 1.807) is 0 Å². The first kappa shape index (κ1) is 21.5. The fourth-order valence-corrected chi connectivity index (χ4v) is 2.69. The predicted octanol–water partition coefficient (Wildman–Crippen LogP) is 5.21. The molecule has 0 fully saturated rings. The SMILES string of the molecule is CC(=O)N(CCC(=O)Nc1ccc(C(C)C)cc1)c1ccc(C(F)(F)F)cc1. The van der Waals surface area contributed by atoms with Crippen molar-refractivity contribution in [2.24, 2.45) is 0 Å². The summed E-state index contributed by atoms with van der Waals surface area (Å²) >= 11 is 0. The Labute approximate surface area is 162 Å². The van der Waals surface area contributed by atoms with E-state index in [4.69, 9.17) is 0 Å². The third-order valence-corrected chi connectivity index (χ3v) is 4.31. The number of anilines is 2. The third kappa shape index (κ3) is 5.84. The monoisotopic (exact) mass is 392 g/mol. The topological polar surface area (TPSA) is 49.4 Å². The number of amides is 2. The molecule has 0 heterocycles. The number of hydrogen-bond donors (Lipinski definition) is 1. The van der Waals surface area contributed by atoms with Gasteiger partial charge < -0.3 is 10.2 Å². The molecule has 0 spiro atoms. The van der Waals surface area contributed by atoms with Gasteiger partial charge in [-0.3, -0.25) is 9.59 Å². The Morgan fingerprint density at radius 3 is 2.04 bits per heavy atom. The predicted molar refractivity (Wildman–Crippen MR) is 103 cm³/mol. The molecule has 0 saturated carbocycles. The van der Waals surface area contributed by atoms with Crippen molar-refractivity contribution in [2.45, 2.75) is 39.3 Å². The average Bonchev–Trinajstić information content (AvgIpc) is 2.61. The van der Waals surface area contributed by atoms with Gasteiger partial charge >= 0.3 is 6.18 Å². The highest BCUT2D eigenvalue weighted by Crippen LogP contribution is 2.30. The standard InChI is InChI=1S/C21H23F3N2O2/c1-14(2)16-4-8-18(9-5-16)25-20(28)12-13-26(15(3)27)19-10-6-17(7-11-19)21(22,23)24/h4-11,14H,12-13H2,1-3H3,(H,25,28). The van der Waals surface area contributed by atoms with Crippen LogP contribution in [0.5, 0.6) is 0 Å². The number of nitrogens with zero attached hydrogens (tertiary/aromatic N) is 1. The second-order valence-electron chi connectivity index (χ2n) is 6.79. The molecule has 0 aromatic heterocycles. The zero-order valence-electron chi connectivity index (χ0n) is 16.0. The van der Waals surface area contributed by atoms with Crippen LogP contribution in [0.15, 0.2) is 48.5 Å². The van der Waals surface area contributed by atoms with Crippen molar-refractivity contribution in [1.82, 2.24) is 0 Å². The number of carbonyl (C=O) groups is 2. The Hall–Kier alpha value is -2.83. The molecular weight excluding hydrogens is 369 g/mol. The summed E-state index contributed by atoms with van der Waals surface area (Å²) in [5.74, 6) is -0.248. The molecule has 0 aliphatic rings. The number of carbonyl (C=O) groups excluding carboxylic acids is 2. The van der Waals surface area contributed by atoms with E-state index in [-0.39, 0.29) is 24.8 Å². The van der Waals surface area contributed by atoms with Gasteiger partial charge in [-0.15, -0.1) is 0 Å². The van der Waals surface area contributed by atoms with Crippen molar-refractivity contribution in [2.75, 3.05) is 16.8 Å². The van der Waals surface area contributed by atoms with Gasteiger partial charge in [0.1, 0.15) is 0 Å². The van der Waals surface area contributed by atoms with Crippen LogP contribution in [0.25, 0.3) is 0 Å². The fraction of sp³-hybridized carbons (Fsp3) is 0.333. The van der Waals surface area contributed by atoms with Gasteiger partial charge in [0.15, 0.2) is 0 Å². The van der Waals surface area contributed by atoms with Crippen molar-refractivity contribution in [3.63, 3.8) is 0 Å². The number of benzene rings is 2. The summed E-state index contributed by atoms with van der Waals surface area (Å²) in [5.41, 5.74) is 1.33. The molecule has 7 heteroatoms.